The van der Waals surface area contributed by atoms with Crippen molar-refractivity contribution < 1.29 is 8.42 Å². The van der Waals surface area contributed by atoms with Crippen molar-refractivity contribution in [2.75, 3.05) is 17.9 Å². The molecule has 0 spiro atoms. The Morgan fingerprint density at radius 3 is 2.48 bits per heavy atom. The Morgan fingerprint density at radius 2 is 1.90 bits per heavy atom. The molecule has 0 saturated heterocycles. The van der Waals surface area contributed by atoms with Crippen LogP contribution in [-0.4, -0.2) is 27.0 Å². The minimum atomic E-state index is -3.56. The minimum absolute atomic E-state index is 0.272. The van der Waals surface area contributed by atoms with Gasteiger partial charge >= 0.3 is 0 Å². The largest absolute Gasteiger partial charge is 0.313 e. The van der Waals surface area contributed by atoms with Crippen LogP contribution in [-0.2, 0) is 16.6 Å². The lowest BCUT2D eigenvalue weighted by Crippen LogP contribution is -2.26. The van der Waals surface area contributed by atoms with Gasteiger partial charge in [0.15, 0.2) is 0 Å². The number of sulfonamides is 1. The zero-order valence-corrected chi connectivity index (χ0v) is 13.0. The minimum Gasteiger partial charge on any atom is -0.313 e. The number of hydrogen-bond donors (Lipinski definition) is 1. The first kappa shape index (κ1) is 15.5. The number of nitrogens with one attached hydrogen (secondary N) is 1. The Labute approximate surface area is 125 Å². The van der Waals surface area contributed by atoms with Crippen LogP contribution in [0, 0.1) is 0 Å². The molecule has 0 aliphatic heterocycles. The van der Waals surface area contributed by atoms with Gasteiger partial charge in [-0.3, -0.25) is 9.29 Å². The van der Waals surface area contributed by atoms with Gasteiger partial charge in [0.05, 0.1) is 16.8 Å². The Morgan fingerprint density at radius 1 is 1.19 bits per heavy atom. The van der Waals surface area contributed by atoms with E-state index in [0.717, 1.165) is 18.7 Å². The maximum Gasteiger partial charge on any atom is 0.264 e. The van der Waals surface area contributed by atoms with E-state index in [9.17, 15) is 8.42 Å². The number of hydrogen-bond acceptors (Lipinski definition) is 4. The molecule has 2 aromatic rings. The monoisotopic (exact) mass is 305 g/mol. The first-order chi connectivity index (χ1) is 10.1. The van der Waals surface area contributed by atoms with E-state index in [0.29, 0.717) is 5.69 Å². The fourth-order valence-electron chi connectivity index (χ4n) is 1.89. The van der Waals surface area contributed by atoms with Crippen LogP contribution in [0.15, 0.2) is 53.7 Å². The van der Waals surface area contributed by atoms with Gasteiger partial charge in [-0.25, -0.2) is 8.42 Å². The Bertz CT molecular complexity index is 670. The lowest BCUT2D eigenvalue weighted by molar-refractivity contribution is 0.594. The highest BCUT2D eigenvalue weighted by molar-refractivity contribution is 7.92. The predicted molar refractivity (Wildman–Crippen MR) is 83.6 cm³/mol. The van der Waals surface area contributed by atoms with Crippen molar-refractivity contribution in [2.24, 2.45) is 0 Å². The van der Waals surface area contributed by atoms with Crippen LogP contribution < -0.4 is 9.62 Å². The van der Waals surface area contributed by atoms with Crippen molar-refractivity contribution in [3.05, 3.63) is 54.4 Å². The third-order valence-electron chi connectivity index (χ3n) is 3.17. The first-order valence-electron chi connectivity index (χ1n) is 6.74. The second-order valence-electron chi connectivity index (χ2n) is 4.61. The van der Waals surface area contributed by atoms with Gasteiger partial charge in [0.2, 0.25) is 0 Å². The van der Waals surface area contributed by atoms with Crippen molar-refractivity contribution >= 4 is 15.7 Å². The zero-order valence-electron chi connectivity index (χ0n) is 12.2. The average molecular weight is 305 g/mol. The molecule has 2 rings (SSSR count). The van der Waals surface area contributed by atoms with E-state index in [1.54, 1.807) is 30.5 Å². The highest BCUT2D eigenvalue weighted by Crippen LogP contribution is 2.21. The molecule has 112 valence electrons. The normalized spacial score (nSPS) is 11.3. The molecule has 1 aromatic heterocycles. The van der Waals surface area contributed by atoms with Gasteiger partial charge < -0.3 is 5.32 Å². The summed E-state index contributed by atoms with van der Waals surface area (Å²) in [5, 5.41) is 3.20. The van der Waals surface area contributed by atoms with Crippen molar-refractivity contribution in [3.8, 4) is 0 Å². The summed E-state index contributed by atoms with van der Waals surface area (Å²) in [6.07, 6.45) is 3.14. The molecule has 0 amide bonds. The van der Waals surface area contributed by atoms with Crippen LogP contribution >= 0.6 is 0 Å². The molecule has 0 bridgehead atoms. The maximum absolute atomic E-state index is 12.5. The molecule has 1 aromatic carbocycles. The molecule has 1 N–H and O–H groups in total. The molecule has 0 unspecified atom stereocenters. The van der Waals surface area contributed by atoms with Crippen LogP contribution in [0.1, 0.15) is 12.5 Å². The van der Waals surface area contributed by atoms with Crippen LogP contribution in [0.4, 0.5) is 5.69 Å². The van der Waals surface area contributed by atoms with Crippen molar-refractivity contribution in [3.63, 3.8) is 0 Å². The van der Waals surface area contributed by atoms with E-state index in [1.165, 1.54) is 17.5 Å². The van der Waals surface area contributed by atoms with Crippen molar-refractivity contribution in [1.82, 2.24) is 10.3 Å². The number of nitrogens with zero attached hydrogens (tertiary/aromatic N) is 2. The van der Waals surface area contributed by atoms with Gasteiger partial charge in [0.1, 0.15) is 0 Å². The highest BCUT2D eigenvalue weighted by atomic mass is 32.2. The van der Waals surface area contributed by atoms with E-state index in [1.807, 2.05) is 19.1 Å². The summed E-state index contributed by atoms with van der Waals surface area (Å²) in [5.41, 5.74) is 1.59. The summed E-state index contributed by atoms with van der Waals surface area (Å²) in [5.74, 6) is 0. The number of benzene rings is 1. The summed E-state index contributed by atoms with van der Waals surface area (Å²) >= 11 is 0. The third kappa shape index (κ3) is 3.59. The van der Waals surface area contributed by atoms with E-state index in [2.05, 4.69) is 10.3 Å². The molecule has 1 heterocycles. The molecular formula is C15H19N3O2S. The second kappa shape index (κ2) is 6.69. The summed E-state index contributed by atoms with van der Waals surface area (Å²) < 4.78 is 26.3. The van der Waals surface area contributed by atoms with Gasteiger partial charge in [-0.15, -0.1) is 0 Å². The topological polar surface area (TPSA) is 62.3 Å². The van der Waals surface area contributed by atoms with Crippen LogP contribution in [0.5, 0.6) is 0 Å². The fourth-order valence-corrected chi connectivity index (χ4v) is 3.07. The van der Waals surface area contributed by atoms with E-state index in [-0.39, 0.29) is 4.90 Å². The lowest BCUT2D eigenvalue weighted by Gasteiger charge is -2.19. The quantitative estimate of drug-likeness (QED) is 0.887. The van der Waals surface area contributed by atoms with Gasteiger partial charge in [-0.05, 0) is 36.4 Å². The van der Waals surface area contributed by atoms with Gasteiger partial charge in [-0.2, -0.15) is 0 Å². The molecule has 0 fully saturated rings. The van der Waals surface area contributed by atoms with E-state index in [4.69, 9.17) is 0 Å². The van der Waals surface area contributed by atoms with Gasteiger partial charge in [-0.1, -0.05) is 19.1 Å². The Hall–Kier alpha value is -1.92. The van der Waals surface area contributed by atoms with E-state index < -0.39 is 10.0 Å². The summed E-state index contributed by atoms with van der Waals surface area (Å²) in [6.45, 7) is 3.64. The molecule has 21 heavy (non-hydrogen) atoms. The summed E-state index contributed by atoms with van der Waals surface area (Å²) in [6, 6.07) is 10.3. The maximum atomic E-state index is 12.5. The van der Waals surface area contributed by atoms with E-state index >= 15 is 0 Å². The molecule has 0 atom stereocenters. The number of pyridine rings is 1. The molecule has 0 aliphatic carbocycles. The fraction of sp³-hybridized carbons (Fsp3) is 0.267. The Balaban J connectivity index is 2.23. The highest BCUT2D eigenvalue weighted by Gasteiger charge is 2.21. The molecule has 0 saturated carbocycles. The lowest BCUT2D eigenvalue weighted by atomic mass is 10.2. The van der Waals surface area contributed by atoms with Gasteiger partial charge in [0.25, 0.3) is 10.0 Å². The molecule has 5 nitrogen and oxygen atoms in total. The smallest absolute Gasteiger partial charge is 0.264 e. The second-order valence-corrected chi connectivity index (χ2v) is 6.58. The van der Waals surface area contributed by atoms with Crippen LogP contribution in [0.2, 0.25) is 0 Å². The van der Waals surface area contributed by atoms with Crippen LogP contribution in [0.25, 0.3) is 0 Å². The number of rotatable bonds is 6. The summed E-state index contributed by atoms with van der Waals surface area (Å²) in [4.78, 5) is 4.22. The average Bonchev–Trinajstić information content (AvgIpc) is 2.53. The molecule has 6 heteroatoms. The van der Waals surface area contributed by atoms with Gasteiger partial charge in [0, 0.05) is 19.8 Å². The molecule has 0 aliphatic rings. The standard InChI is InChI=1S/C15H19N3O2S/c1-3-16-11-13-6-8-15(9-7-13)21(19,20)18(2)14-5-4-10-17-12-14/h4-10,12,16H,3,11H2,1-2H3. The number of anilines is 1. The molecule has 0 radical (unpaired) electrons. The Kier molecular flexibility index (Phi) is 4.93. The number of aromatic nitrogens is 1. The molecular weight excluding hydrogens is 286 g/mol. The third-order valence-corrected chi connectivity index (χ3v) is 4.97. The van der Waals surface area contributed by atoms with Crippen molar-refractivity contribution in [2.45, 2.75) is 18.4 Å². The summed E-state index contributed by atoms with van der Waals surface area (Å²) in [7, 11) is -2.03. The van der Waals surface area contributed by atoms with Crippen molar-refractivity contribution in [1.29, 1.82) is 0 Å². The zero-order chi connectivity index (χ0) is 15.3. The van der Waals surface area contributed by atoms with Crippen LogP contribution in [0.3, 0.4) is 0 Å². The first-order valence-corrected chi connectivity index (χ1v) is 8.18. The predicted octanol–water partition coefficient (Wildman–Crippen LogP) is 2.02. The SMILES string of the molecule is CCNCc1ccc(S(=O)(=O)N(C)c2cccnc2)cc1.